The Morgan fingerprint density at radius 3 is 2.83 bits per heavy atom. The zero-order chi connectivity index (χ0) is 20.0. The molecule has 4 heterocycles. The number of halogens is 1. The van der Waals surface area contributed by atoms with Crippen LogP contribution in [0.25, 0.3) is 11.3 Å². The third-order valence-corrected chi connectivity index (χ3v) is 6.75. The monoisotopic (exact) mass is 398 g/mol. The smallest absolute Gasteiger partial charge is 0.147 e. The minimum Gasteiger partial charge on any atom is -0.507 e. The number of phenolic OH excluding ortho intramolecular Hbond substituents is 1. The van der Waals surface area contributed by atoms with Crippen molar-refractivity contribution in [2.75, 3.05) is 25.2 Å². The number of benzene rings is 1. The van der Waals surface area contributed by atoms with Crippen LogP contribution in [0.15, 0.2) is 30.6 Å². The Hall–Kier alpha value is -2.25. The normalized spacial score (nSPS) is 31.2. The number of anilines is 1. The van der Waals surface area contributed by atoms with Crippen molar-refractivity contribution in [3.8, 4) is 17.0 Å². The largest absolute Gasteiger partial charge is 0.507 e. The molecule has 7 heteroatoms. The highest BCUT2D eigenvalue weighted by atomic mass is 19.1. The summed E-state index contributed by atoms with van der Waals surface area (Å²) in [5.41, 5.74) is 2.34. The summed E-state index contributed by atoms with van der Waals surface area (Å²) < 4.78 is 20.3. The van der Waals surface area contributed by atoms with E-state index in [1.165, 1.54) is 0 Å². The van der Waals surface area contributed by atoms with E-state index in [2.05, 4.69) is 15.3 Å². The molecule has 0 aliphatic carbocycles. The average molecular weight is 398 g/mol. The molecule has 1 aromatic heterocycles. The number of fused-ring (bicyclic) bond motifs is 2. The first-order valence-corrected chi connectivity index (χ1v) is 10.5. The molecular formula is C22H27FN4O2. The predicted octanol–water partition coefficient (Wildman–Crippen LogP) is 3.02. The maximum atomic E-state index is 14.8. The summed E-state index contributed by atoms with van der Waals surface area (Å²) in [6, 6.07) is 5.87. The molecule has 5 rings (SSSR count). The fraction of sp³-hybridized carbons (Fsp3) is 0.545. The Morgan fingerprint density at radius 2 is 2.10 bits per heavy atom. The lowest BCUT2D eigenvalue weighted by molar-refractivity contribution is 0.176. The molecule has 2 bridgehead atoms. The van der Waals surface area contributed by atoms with Crippen LogP contribution < -0.4 is 10.2 Å². The molecule has 3 aliphatic rings. The van der Waals surface area contributed by atoms with Gasteiger partial charge in [-0.2, -0.15) is 0 Å². The molecule has 154 valence electrons. The van der Waals surface area contributed by atoms with E-state index >= 15 is 0 Å². The molecule has 3 saturated heterocycles. The van der Waals surface area contributed by atoms with Gasteiger partial charge in [0.25, 0.3) is 0 Å². The van der Waals surface area contributed by atoms with Crippen LogP contribution in [-0.4, -0.2) is 59.6 Å². The first-order chi connectivity index (χ1) is 14.1. The number of nitrogens with zero attached hydrogens (tertiary/aromatic N) is 3. The van der Waals surface area contributed by atoms with Gasteiger partial charge in [-0.3, -0.25) is 4.98 Å². The third kappa shape index (κ3) is 3.46. The quantitative estimate of drug-likeness (QED) is 0.825. The van der Waals surface area contributed by atoms with Crippen LogP contribution in [0.4, 0.5) is 10.2 Å². The molecule has 1 aromatic carbocycles. The molecular weight excluding hydrogens is 371 g/mol. The number of aromatic hydroxyl groups is 1. The topological polar surface area (TPSA) is 70.5 Å². The van der Waals surface area contributed by atoms with Crippen LogP contribution in [-0.2, 0) is 4.74 Å². The highest BCUT2D eigenvalue weighted by molar-refractivity contribution is 5.67. The number of aromatic nitrogens is 2. The van der Waals surface area contributed by atoms with E-state index in [4.69, 9.17) is 4.74 Å². The van der Waals surface area contributed by atoms with Crippen molar-refractivity contribution in [3.63, 3.8) is 0 Å². The van der Waals surface area contributed by atoms with E-state index in [1.54, 1.807) is 18.5 Å². The average Bonchev–Trinajstić information content (AvgIpc) is 3.41. The first-order valence-electron chi connectivity index (χ1n) is 10.5. The molecule has 2 N–H and O–H groups in total. The summed E-state index contributed by atoms with van der Waals surface area (Å²) in [5.74, 6) is 1.19. The van der Waals surface area contributed by atoms with Crippen molar-refractivity contribution in [1.82, 2.24) is 15.3 Å². The summed E-state index contributed by atoms with van der Waals surface area (Å²) in [5, 5.41) is 13.9. The number of rotatable bonds is 4. The molecule has 0 saturated carbocycles. The highest BCUT2D eigenvalue weighted by Crippen LogP contribution is 2.35. The van der Waals surface area contributed by atoms with Crippen molar-refractivity contribution < 1.29 is 14.2 Å². The standard InChI is InChI=1S/C22H27FN4O2/c1-27(19-9-15-3-5-17(26-15)22(19)23)21-11-24-18(10-25-21)16-4-2-13(8-20(16)28)14-6-7-29-12-14/h2,4,8,10-11,14-15,17,19,22,26,28H,3,5-7,9,12H2,1H3/t14-,15+,17?,19+,22-/m1/s1. The molecule has 0 radical (unpaired) electrons. The lowest BCUT2D eigenvalue weighted by Crippen LogP contribution is -2.55. The van der Waals surface area contributed by atoms with Crippen LogP contribution >= 0.6 is 0 Å². The van der Waals surface area contributed by atoms with Crippen LogP contribution in [0.5, 0.6) is 5.75 Å². The van der Waals surface area contributed by atoms with Crippen LogP contribution in [0.1, 0.15) is 37.2 Å². The molecule has 29 heavy (non-hydrogen) atoms. The Bertz CT molecular complexity index is 872. The summed E-state index contributed by atoms with van der Waals surface area (Å²) >= 11 is 0. The predicted molar refractivity (Wildman–Crippen MR) is 109 cm³/mol. The van der Waals surface area contributed by atoms with Gasteiger partial charge in [-0.15, -0.1) is 0 Å². The number of hydrogen-bond donors (Lipinski definition) is 2. The van der Waals surface area contributed by atoms with Crippen molar-refractivity contribution in [1.29, 1.82) is 0 Å². The minimum absolute atomic E-state index is 0.0471. The van der Waals surface area contributed by atoms with Crippen molar-refractivity contribution in [2.45, 2.75) is 55.9 Å². The first kappa shape index (κ1) is 18.8. The van der Waals surface area contributed by atoms with Gasteiger partial charge in [0.1, 0.15) is 17.7 Å². The van der Waals surface area contributed by atoms with Gasteiger partial charge in [0.15, 0.2) is 0 Å². The molecule has 0 amide bonds. The molecule has 0 spiro atoms. The van der Waals surface area contributed by atoms with Gasteiger partial charge < -0.3 is 20.1 Å². The van der Waals surface area contributed by atoms with Gasteiger partial charge in [0, 0.05) is 37.2 Å². The Balaban J connectivity index is 1.33. The van der Waals surface area contributed by atoms with E-state index in [0.717, 1.165) is 37.9 Å². The molecule has 1 unspecified atom stereocenters. The fourth-order valence-corrected chi connectivity index (χ4v) is 4.98. The van der Waals surface area contributed by atoms with Crippen LogP contribution in [0.3, 0.4) is 0 Å². The summed E-state index contributed by atoms with van der Waals surface area (Å²) in [6.45, 7) is 1.47. The van der Waals surface area contributed by atoms with Gasteiger partial charge in [-0.1, -0.05) is 6.07 Å². The summed E-state index contributed by atoms with van der Waals surface area (Å²) in [6.07, 6.45) is 6.13. The second kappa shape index (κ2) is 7.54. The molecule has 5 atom stereocenters. The molecule has 2 aromatic rings. The molecule has 3 aliphatic heterocycles. The van der Waals surface area contributed by atoms with Crippen molar-refractivity contribution >= 4 is 5.82 Å². The second-order valence-corrected chi connectivity index (χ2v) is 8.50. The number of ether oxygens (including phenoxy) is 1. The lowest BCUT2D eigenvalue weighted by atomic mass is 9.96. The number of nitrogens with one attached hydrogen (secondary N) is 1. The second-order valence-electron chi connectivity index (χ2n) is 8.50. The fourth-order valence-electron chi connectivity index (χ4n) is 4.98. The Kier molecular flexibility index (Phi) is 4.87. The van der Waals surface area contributed by atoms with Gasteiger partial charge in [0.05, 0.1) is 30.7 Å². The SMILES string of the molecule is CN(c1cnc(-c2ccc([C@@H]3CCOC3)cc2O)cn1)[C@H]1C[C@@H]2CCC(N2)[C@H]1F. The maximum absolute atomic E-state index is 14.8. The van der Waals surface area contributed by atoms with Crippen molar-refractivity contribution in [3.05, 3.63) is 36.2 Å². The third-order valence-electron chi connectivity index (χ3n) is 6.75. The van der Waals surface area contributed by atoms with E-state index in [9.17, 15) is 9.50 Å². The Labute approximate surface area is 170 Å². The number of piperidine rings is 1. The van der Waals surface area contributed by atoms with Crippen LogP contribution in [0, 0.1) is 0 Å². The van der Waals surface area contributed by atoms with Gasteiger partial charge in [0.2, 0.25) is 0 Å². The Morgan fingerprint density at radius 1 is 1.21 bits per heavy atom. The maximum Gasteiger partial charge on any atom is 0.147 e. The van der Waals surface area contributed by atoms with E-state index < -0.39 is 6.17 Å². The van der Waals surface area contributed by atoms with Crippen molar-refractivity contribution in [2.24, 2.45) is 0 Å². The summed E-state index contributed by atoms with van der Waals surface area (Å²) in [4.78, 5) is 10.9. The lowest BCUT2D eigenvalue weighted by Gasteiger charge is -2.38. The van der Waals surface area contributed by atoms with E-state index in [-0.39, 0.29) is 17.8 Å². The zero-order valence-corrected chi connectivity index (χ0v) is 16.6. The van der Waals surface area contributed by atoms with Gasteiger partial charge in [-0.25, -0.2) is 9.37 Å². The van der Waals surface area contributed by atoms with Crippen LogP contribution in [0.2, 0.25) is 0 Å². The molecule has 3 fully saturated rings. The zero-order valence-electron chi connectivity index (χ0n) is 16.6. The van der Waals surface area contributed by atoms with E-state index in [1.807, 2.05) is 24.1 Å². The van der Waals surface area contributed by atoms with Gasteiger partial charge >= 0.3 is 0 Å². The van der Waals surface area contributed by atoms with Gasteiger partial charge in [-0.05, 0) is 43.4 Å². The highest BCUT2D eigenvalue weighted by Gasteiger charge is 2.43. The number of hydrogen-bond acceptors (Lipinski definition) is 6. The minimum atomic E-state index is -0.906. The van der Waals surface area contributed by atoms with E-state index in [0.29, 0.717) is 35.6 Å². The molecule has 6 nitrogen and oxygen atoms in total. The number of alkyl halides is 1. The number of phenols is 1. The summed E-state index contributed by atoms with van der Waals surface area (Å²) in [7, 11) is 1.89.